The van der Waals surface area contributed by atoms with Crippen molar-refractivity contribution in [1.29, 1.82) is 0 Å². The Morgan fingerprint density at radius 3 is 2.06 bits per heavy atom. The van der Waals surface area contributed by atoms with Crippen LogP contribution in [-0.2, 0) is 9.53 Å². The maximum Gasteiger partial charge on any atom is 0.334 e. The predicted molar refractivity (Wildman–Crippen MR) is 69.9 cm³/mol. The second-order valence-corrected chi connectivity index (χ2v) is 4.53. The zero-order valence-electron chi connectivity index (χ0n) is 11.4. The molecular weight excluding hydrogens is 216 g/mol. The van der Waals surface area contributed by atoms with Crippen molar-refractivity contribution >= 4 is 5.97 Å². The molecule has 0 aromatic carbocycles. The molecular formula is C14H28O3. The van der Waals surface area contributed by atoms with E-state index in [1.165, 1.54) is 38.5 Å². The van der Waals surface area contributed by atoms with Crippen LogP contribution in [0, 0.1) is 0 Å². The van der Waals surface area contributed by atoms with E-state index in [2.05, 4.69) is 6.92 Å². The van der Waals surface area contributed by atoms with Crippen molar-refractivity contribution in [2.24, 2.45) is 0 Å². The van der Waals surface area contributed by atoms with Crippen LogP contribution in [0.5, 0.6) is 0 Å². The number of aliphatic hydroxyl groups excluding tert-OH is 1. The quantitative estimate of drug-likeness (QED) is 0.447. The van der Waals surface area contributed by atoms with Crippen LogP contribution < -0.4 is 0 Å². The molecule has 0 saturated heterocycles. The average Bonchev–Trinajstić information content (AvgIpc) is 2.32. The van der Waals surface area contributed by atoms with Crippen LogP contribution >= 0.6 is 0 Å². The third-order valence-corrected chi connectivity index (χ3v) is 2.89. The average molecular weight is 244 g/mol. The van der Waals surface area contributed by atoms with Crippen molar-refractivity contribution < 1.29 is 14.6 Å². The molecule has 3 nitrogen and oxygen atoms in total. The lowest BCUT2D eigenvalue weighted by molar-refractivity contribution is -0.153. The van der Waals surface area contributed by atoms with Gasteiger partial charge in [-0.2, -0.15) is 0 Å². The van der Waals surface area contributed by atoms with Gasteiger partial charge in [0.15, 0.2) is 6.10 Å². The van der Waals surface area contributed by atoms with Gasteiger partial charge in [-0.05, 0) is 13.3 Å². The Morgan fingerprint density at radius 1 is 1.00 bits per heavy atom. The highest BCUT2D eigenvalue weighted by molar-refractivity contribution is 5.74. The highest BCUT2D eigenvalue weighted by Gasteiger charge is 2.14. The number of ether oxygens (including phenoxy) is 1. The molecule has 0 aliphatic heterocycles. The van der Waals surface area contributed by atoms with Gasteiger partial charge in [0.25, 0.3) is 0 Å². The van der Waals surface area contributed by atoms with Gasteiger partial charge in [0.05, 0.1) is 6.61 Å². The van der Waals surface area contributed by atoms with Crippen molar-refractivity contribution in [2.45, 2.75) is 77.7 Å². The van der Waals surface area contributed by atoms with Crippen molar-refractivity contribution in [1.82, 2.24) is 0 Å². The van der Waals surface area contributed by atoms with E-state index in [1.807, 2.05) is 0 Å². The zero-order chi connectivity index (χ0) is 12.9. The van der Waals surface area contributed by atoms with Gasteiger partial charge in [0.2, 0.25) is 0 Å². The second-order valence-electron chi connectivity index (χ2n) is 4.53. The van der Waals surface area contributed by atoms with E-state index < -0.39 is 12.1 Å². The summed E-state index contributed by atoms with van der Waals surface area (Å²) in [6.07, 6.45) is 9.37. The number of aliphatic hydroxyl groups is 1. The normalized spacial score (nSPS) is 12.4. The molecule has 0 spiro atoms. The van der Waals surface area contributed by atoms with Crippen molar-refractivity contribution in [3.63, 3.8) is 0 Å². The Labute approximate surface area is 106 Å². The molecule has 17 heavy (non-hydrogen) atoms. The fourth-order valence-corrected chi connectivity index (χ4v) is 1.83. The molecule has 0 heterocycles. The van der Waals surface area contributed by atoms with Gasteiger partial charge in [0, 0.05) is 0 Å². The van der Waals surface area contributed by atoms with Crippen LogP contribution in [0.15, 0.2) is 0 Å². The molecule has 3 heteroatoms. The molecule has 0 saturated carbocycles. The molecule has 0 bridgehead atoms. The first-order chi connectivity index (χ1) is 8.22. The monoisotopic (exact) mass is 244 g/mol. The van der Waals surface area contributed by atoms with E-state index in [-0.39, 0.29) is 0 Å². The third-order valence-electron chi connectivity index (χ3n) is 2.89. The van der Waals surface area contributed by atoms with Crippen molar-refractivity contribution in [3.8, 4) is 0 Å². The van der Waals surface area contributed by atoms with Crippen LogP contribution in [0.2, 0.25) is 0 Å². The Kier molecular flexibility index (Phi) is 11.5. The van der Waals surface area contributed by atoms with Gasteiger partial charge in [-0.3, -0.25) is 0 Å². The maximum absolute atomic E-state index is 11.1. The Morgan fingerprint density at radius 2 is 1.53 bits per heavy atom. The van der Waals surface area contributed by atoms with Gasteiger partial charge in [-0.25, -0.2) is 4.79 Å². The van der Waals surface area contributed by atoms with Crippen molar-refractivity contribution in [2.75, 3.05) is 6.61 Å². The van der Waals surface area contributed by atoms with Gasteiger partial charge < -0.3 is 9.84 Å². The van der Waals surface area contributed by atoms with E-state index in [4.69, 9.17) is 4.74 Å². The molecule has 0 aromatic heterocycles. The summed E-state index contributed by atoms with van der Waals surface area (Å²) in [5.74, 6) is -0.476. The number of carbonyl (C=O) groups excluding carboxylic acids is 1. The summed E-state index contributed by atoms with van der Waals surface area (Å²) in [6, 6.07) is 0. The molecule has 0 fully saturated rings. The first-order valence-electron chi connectivity index (χ1n) is 7.07. The number of esters is 1. The Bertz CT molecular complexity index is 180. The number of carbonyl (C=O) groups is 1. The molecule has 1 atom stereocenters. The standard InChI is InChI=1S/C14H28O3/c1-3-5-6-7-8-9-10-11-12-13(15)14(16)17-4-2/h13,15H,3-12H2,1-2H3/t13-/m1/s1. The zero-order valence-corrected chi connectivity index (χ0v) is 11.4. The summed E-state index contributed by atoms with van der Waals surface area (Å²) in [7, 11) is 0. The fraction of sp³-hybridized carbons (Fsp3) is 0.929. The summed E-state index contributed by atoms with van der Waals surface area (Å²) in [5.41, 5.74) is 0. The minimum absolute atomic E-state index is 0.341. The van der Waals surface area contributed by atoms with Gasteiger partial charge in [0.1, 0.15) is 0 Å². The molecule has 0 aliphatic carbocycles. The summed E-state index contributed by atoms with van der Waals surface area (Å²) in [4.78, 5) is 11.1. The largest absolute Gasteiger partial charge is 0.464 e. The molecule has 0 aliphatic rings. The predicted octanol–water partition coefficient (Wildman–Crippen LogP) is 3.44. The van der Waals surface area contributed by atoms with Gasteiger partial charge in [-0.1, -0.05) is 58.3 Å². The molecule has 0 radical (unpaired) electrons. The second kappa shape index (κ2) is 11.9. The number of hydrogen-bond acceptors (Lipinski definition) is 3. The van der Waals surface area contributed by atoms with E-state index >= 15 is 0 Å². The minimum atomic E-state index is -0.921. The Balaban J connectivity index is 3.24. The summed E-state index contributed by atoms with van der Waals surface area (Å²) < 4.78 is 4.74. The molecule has 0 aromatic rings. The third kappa shape index (κ3) is 10.3. The van der Waals surface area contributed by atoms with E-state index in [0.717, 1.165) is 12.8 Å². The number of hydrogen-bond donors (Lipinski definition) is 1. The van der Waals surface area contributed by atoms with Crippen LogP contribution in [0.3, 0.4) is 0 Å². The lowest BCUT2D eigenvalue weighted by Crippen LogP contribution is -2.22. The van der Waals surface area contributed by atoms with Crippen LogP contribution in [0.4, 0.5) is 0 Å². The first kappa shape index (κ1) is 16.4. The van der Waals surface area contributed by atoms with Crippen LogP contribution in [0.1, 0.15) is 71.6 Å². The molecule has 0 rings (SSSR count). The van der Waals surface area contributed by atoms with Crippen molar-refractivity contribution in [3.05, 3.63) is 0 Å². The summed E-state index contributed by atoms with van der Waals surface area (Å²) in [5, 5.41) is 9.45. The first-order valence-corrected chi connectivity index (χ1v) is 7.07. The summed E-state index contributed by atoms with van der Waals surface area (Å²) >= 11 is 0. The fourth-order valence-electron chi connectivity index (χ4n) is 1.83. The van der Waals surface area contributed by atoms with E-state index in [0.29, 0.717) is 13.0 Å². The SMILES string of the molecule is CCCCCCCCCC[C@@H](O)C(=O)OCC. The number of rotatable bonds is 11. The molecule has 102 valence electrons. The minimum Gasteiger partial charge on any atom is -0.464 e. The highest BCUT2D eigenvalue weighted by Crippen LogP contribution is 2.11. The maximum atomic E-state index is 11.1. The van der Waals surface area contributed by atoms with E-state index in [1.54, 1.807) is 6.92 Å². The molecule has 0 unspecified atom stereocenters. The molecule has 1 N–H and O–H groups in total. The lowest BCUT2D eigenvalue weighted by Gasteiger charge is -2.09. The summed E-state index contributed by atoms with van der Waals surface area (Å²) in [6.45, 7) is 4.31. The van der Waals surface area contributed by atoms with E-state index in [9.17, 15) is 9.90 Å². The van der Waals surface area contributed by atoms with Crippen LogP contribution in [0.25, 0.3) is 0 Å². The highest BCUT2D eigenvalue weighted by atomic mass is 16.5. The Hall–Kier alpha value is -0.570. The number of unbranched alkanes of at least 4 members (excludes halogenated alkanes) is 7. The van der Waals surface area contributed by atoms with Gasteiger partial charge >= 0.3 is 5.97 Å². The molecule has 0 amide bonds. The lowest BCUT2D eigenvalue weighted by atomic mass is 10.1. The van der Waals surface area contributed by atoms with Gasteiger partial charge in [-0.15, -0.1) is 0 Å². The smallest absolute Gasteiger partial charge is 0.334 e. The topological polar surface area (TPSA) is 46.5 Å². The van der Waals surface area contributed by atoms with Crippen LogP contribution in [-0.4, -0.2) is 23.8 Å².